The van der Waals surface area contributed by atoms with Crippen molar-refractivity contribution in [2.75, 3.05) is 37.5 Å². The number of methoxy groups -OCH3 is 1. The smallest absolute Gasteiger partial charge is 0.318 e. The average Bonchev–Trinajstić information content (AvgIpc) is 2.66. The molecule has 0 unspecified atom stereocenters. The summed E-state index contributed by atoms with van der Waals surface area (Å²) in [7, 11) is 5.60. The fourth-order valence-electron chi connectivity index (χ4n) is 3.60. The lowest BCUT2D eigenvalue weighted by Crippen LogP contribution is -2.33. The SMILES string of the molecule is COc1nc2c(c(N(C)C)n1)CCN(c1cccc3cccc(Cl)c13)C2. The standard InChI is InChI=1S/C20H21ClN4O/c1-24(2)19-14-10-11-25(12-16(14)22-20(23-19)26-3)17-9-5-7-13-6-4-8-15(21)18(13)17/h4-9H,10-12H2,1-3H3. The molecule has 134 valence electrons. The zero-order valence-corrected chi connectivity index (χ0v) is 15.9. The maximum absolute atomic E-state index is 6.52. The van der Waals surface area contributed by atoms with Gasteiger partial charge >= 0.3 is 6.01 Å². The molecule has 6 heteroatoms. The predicted octanol–water partition coefficient (Wildman–Crippen LogP) is 3.92. The fourth-order valence-corrected chi connectivity index (χ4v) is 3.87. The summed E-state index contributed by atoms with van der Waals surface area (Å²) in [5, 5.41) is 3.02. The van der Waals surface area contributed by atoms with Crippen LogP contribution in [0.3, 0.4) is 0 Å². The van der Waals surface area contributed by atoms with Crippen LogP contribution in [0.5, 0.6) is 6.01 Å². The first-order valence-corrected chi connectivity index (χ1v) is 8.99. The first-order chi connectivity index (χ1) is 12.6. The Hall–Kier alpha value is -2.53. The molecule has 1 aromatic heterocycles. The number of benzene rings is 2. The van der Waals surface area contributed by atoms with Gasteiger partial charge in [0.2, 0.25) is 0 Å². The predicted molar refractivity (Wildman–Crippen MR) is 107 cm³/mol. The summed E-state index contributed by atoms with van der Waals surface area (Å²) in [6.07, 6.45) is 0.883. The van der Waals surface area contributed by atoms with Crippen LogP contribution in [0.2, 0.25) is 5.02 Å². The molecule has 1 aliphatic rings. The summed E-state index contributed by atoms with van der Waals surface area (Å²) in [5.74, 6) is 0.933. The van der Waals surface area contributed by atoms with E-state index in [0.29, 0.717) is 12.6 Å². The Morgan fingerprint density at radius 2 is 1.88 bits per heavy atom. The molecule has 0 spiro atoms. The van der Waals surface area contributed by atoms with E-state index < -0.39 is 0 Å². The van der Waals surface area contributed by atoms with Gasteiger partial charge in [0, 0.05) is 37.3 Å². The molecule has 0 saturated carbocycles. The molecule has 2 aromatic carbocycles. The molecule has 1 aliphatic heterocycles. The van der Waals surface area contributed by atoms with Gasteiger partial charge < -0.3 is 14.5 Å². The van der Waals surface area contributed by atoms with Crippen molar-refractivity contribution < 1.29 is 4.74 Å². The Balaban J connectivity index is 1.79. The van der Waals surface area contributed by atoms with E-state index in [4.69, 9.17) is 16.3 Å². The van der Waals surface area contributed by atoms with E-state index in [2.05, 4.69) is 39.1 Å². The van der Waals surface area contributed by atoms with Crippen LogP contribution in [0.4, 0.5) is 11.5 Å². The van der Waals surface area contributed by atoms with Crippen LogP contribution in [0, 0.1) is 0 Å². The van der Waals surface area contributed by atoms with E-state index in [1.807, 2.05) is 31.1 Å². The van der Waals surface area contributed by atoms with Gasteiger partial charge in [-0.1, -0.05) is 35.9 Å². The number of fused-ring (bicyclic) bond motifs is 2. The molecule has 5 nitrogen and oxygen atoms in total. The second-order valence-corrected chi connectivity index (χ2v) is 7.05. The van der Waals surface area contributed by atoms with Crippen LogP contribution in [0.1, 0.15) is 11.3 Å². The molecule has 0 amide bonds. The van der Waals surface area contributed by atoms with Gasteiger partial charge in [-0.3, -0.25) is 0 Å². The topological polar surface area (TPSA) is 41.5 Å². The Kier molecular flexibility index (Phi) is 4.32. The molecule has 0 N–H and O–H groups in total. The van der Waals surface area contributed by atoms with Gasteiger partial charge in [-0.25, -0.2) is 0 Å². The Labute approximate surface area is 158 Å². The molecule has 26 heavy (non-hydrogen) atoms. The van der Waals surface area contributed by atoms with Crippen LogP contribution in [0.15, 0.2) is 36.4 Å². The molecule has 0 radical (unpaired) electrons. The van der Waals surface area contributed by atoms with E-state index >= 15 is 0 Å². The molecule has 0 bridgehead atoms. The molecular formula is C20H21ClN4O. The number of anilines is 2. The number of rotatable bonds is 3. The van der Waals surface area contributed by atoms with Gasteiger partial charge in [0.15, 0.2) is 0 Å². The summed E-state index contributed by atoms with van der Waals surface area (Å²) in [5.41, 5.74) is 3.34. The highest BCUT2D eigenvalue weighted by Gasteiger charge is 2.25. The van der Waals surface area contributed by atoms with Crippen molar-refractivity contribution in [3.8, 4) is 6.01 Å². The summed E-state index contributed by atoms with van der Waals surface area (Å²) >= 11 is 6.52. The molecule has 0 fully saturated rings. The maximum atomic E-state index is 6.52. The number of hydrogen-bond donors (Lipinski definition) is 0. The minimum Gasteiger partial charge on any atom is -0.467 e. The van der Waals surface area contributed by atoms with Gasteiger partial charge in [0.05, 0.1) is 24.4 Å². The quantitative estimate of drug-likeness (QED) is 0.700. The van der Waals surface area contributed by atoms with Crippen molar-refractivity contribution >= 4 is 33.9 Å². The monoisotopic (exact) mass is 368 g/mol. The van der Waals surface area contributed by atoms with Crippen molar-refractivity contribution in [1.29, 1.82) is 0 Å². The zero-order chi connectivity index (χ0) is 18.3. The van der Waals surface area contributed by atoms with E-state index in [9.17, 15) is 0 Å². The zero-order valence-electron chi connectivity index (χ0n) is 15.2. The third-order valence-electron chi connectivity index (χ3n) is 4.80. The molecule has 2 heterocycles. The van der Waals surface area contributed by atoms with Crippen molar-refractivity contribution in [2.24, 2.45) is 0 Å². The highest BCUT2D eigenvalue weighted by atomic mass is 35.5. The van der Waals surface area contributed by atoms with Gasteiger partial charge in [-0.05, 0) is 23.9 Å². The van der Waals surface area contributed by atoms with Crippen LogP contribution in [0.25, 0.3) is 10.8 Å². The fraction of sp³-hybridized carbons (Fsp3) is 0.300. The second-order valence-electron chi connectivity index (χ2n) is 6.64. The van der Waals surface area contributed by atoms with Gasteiger partial charge in [0.1, 0.15) is 5.82 Å². The second kappa shape index (κ2) is 6.65. The van der Waals surface area contributed by atoms with Crippen molar-refractivity contribution in [3.63, 3.8) is 0 Å². The summed E-state index contributed by atoms with van der Waals surface area (Å²) in [6.45, 7) is 1.60. The minimum absolute atomic E-state index is 0.408. The van der Waals surface area contributed by atoms with E-state index in [0.717, 1.165) is 46.0 Å². The molecule has 4 rings (SSSR count). The molecular weight excluding hydrogens is 348 g/mol. The average molecular weight is 369 g/mol. The van der Waals surface area contributed by atoms with E-state index in [1.54, 1.807) is 7.11 Å². The Morgan fingerprint density at radius 1 is 1.12 bits per heavy atom. The lowest BCUT2D eigenvalue weighted by molar-refractivity contribution is 0.376. The molecule has 0 atom stereocenters. The number of aromatic nitrogens is 2. The largest absolute Gasteiger partial charge is 0.467 e. The lowest BCUT2D eigenvalue weighted by atomic mass is 10.0. The van der Waals surface area contributed by atoms with Crippen molar-refractivity contribution in [2.45, 2.75) is 13.0 Å². The van der Waals surface area contributed by atoms with Gasteiger partial charge in [-0.15, -0.1) is 0 Å². The number of ether oxygens (including phenoxy) is 1. The third-order valence-corrected chi connectivity index (χ3v) is 5.12. The Morgan fingerprint density at radius 3 is 2.62 bits per heavy atom. The van der Waals surface area contributed by atoms with Gasteiger partial charge in [-0.2, -0.15) is 9.97 Å². The normalized spacial score (nSPS) is 13.6. The minimum atomic E-state index is 0.408. The highest BCUT2D eigenvalue weighted by Crippen LogP contribution is 2.36. The first kappa shape index (κ1) is 16.9. The van der Waals surface area contributed by atoms with Crippen LogP contribution >= 0.6 is 11.6 Å². The number of nitrogens with zero attached hydrogens (tertiary/aromatic N) is 4. The molecule has 0 aliphatic carbocycles. The highest BCUT2D eigenvalue weighted by molar-refractivity contribution is 6.36. The third kappa shape index (κ3) is 2.82. The summed E-state index contributed by atoms with van der Waals surface area (Å²) in [6, 6.07) is 12.7. The summed E-state index contributed by atoms with van der Waals surface area (Å²) in [4.78, 5) is 13.5. The molecule has 0 saturated heterocycles. The van der Waals surface area contributed by atoms with Crippen LogP contribution in [-0.4, -0.2) is 37.7 Å². The number of halogens is 1. The van der Waals surface area contributed by atoms with Crippen LogP contribution < -0.4 is 14.5 Å². The van der Waals surface area contributed by atoms with Crippen molar-refractivity contribution in [3.05, 3.63) is 52.7 Å². The van der Waals surface area contributed by atoms with Crippen LogP contribution in [-0.2, 0) is 13.0 Å². The first-order valence-electron chi connectivity index (χ1n) is 8.62. The number of hydrogen-bond acceptors (Lipinski definition) is 5. The maximum Gasteiger partial charge on any atom is 0.318 e. The lowest BCUT2D eigenvalue weighted by Gasteiger charge is -2.32. The Bertz CT molecular complexity index is 968. The van der Waals surface area contributed by atoms with Gasteiger partial charge in [0.25, 0.3) is 0 Å². The van der Waals surface area contributed by atoms with E-state index in [-0.39, 0.29) is 0 Å². The van der Waals surface area contributed by atoms with E-state index in [1.165, 1.54) is 5.56 Å². The van der Waals surface area contributed by atoms with Crippen molar-refractivity contribution in [1.82, 2.24) is 9.97 Å². The summed E-state index contributed by atoms with van der Waals surface area (Å²) < 4.78 is 5.31. The molecule has 3 aromatic rings.